The second-order valence-electron chi connectivity index (χ2n) is 5.19. The summed E-state index contributed by atoms with van der Waals surface area (Å²) in [6, 6.07) is 8.85. The molecule has 6 nitrogen and oxygen atoms in total. The van der Waals surface area contributed by atoms with E-state index < -0.39 is 11.8 Å². The van der Waals surface area contributed by atoms with Crippen LogP contribution in [0, 0.1) is 0 Å². The highest BCUT2D eigenvalue weighted by molar-refractivity contribution is 6.35. The van der Waals surface area contributed by atoms with Crippen LogP contribution in [0.2, 0.25) is 0 Å². The van der Waals surface area contributed by atoms with Crippen molar-refractivity contribution >= 4 is 11.8 Å². The lowest BCUT2D eigenvalue weighted by Crippen LogP contribution is -2.71. The van der Waals surface area contributed by atoms with Crippen molar-refractivity contribution in [3.8, 4) is 0 Å². The van der Waals surface area contributed by atoms with E-state index in [2.05, 4.69) is 5.32 Å². The molecule has 3 atom stereocenters. The van der Waals surface area contributed by atoms with Crippen LogP contribution in [0.1, 0.15) is 5.56 Å². The van der Waals surface area contributed by atoms with Gasteiger partial charge in [0.2, 0.25) is 0 Å². The highest BCUT2D eigenvalue weighted by atomic mass is 16.5. The number of amides is 2. The number of carbonyl (C=O) groups is 2. The number of ether oxygens (including phenoxy) is 1. The lowest BCUT2D eigenvalue weighted by atomic mass is 9.94. The first-order valence-electron chi connectivity index (χ1n) is 6.65. The SMILES string of the molecule is N[C@H]1COC[C@@H]2[C@@H]1NC(=O)C(=O)N2Cc1ccccc1. The zero-order chi connectivity index (χ0) is 14.1. The average Bonchev–Trinajstić information content (AvgIpc) is 2.46. The summed E-state index contributed by atoms with van der Waals surface area (Å²) >= 11 is 0. The summed E-state index contributed by atoms with van der Waals surface area (Å²) in [5.74, 6) is -1.10. The molecule has 2 amide bonds. The van der Waals surface area contributed by atoms with Crippen molar-refractivity contribution in [2.75, 3.05) is 13.2 Å². The molecule has 0 aromatic heterocycles. The molecule has 0 bridgehead atoms. The fraction of sp³-hybridized carbons (Fsp3) is 0.429. The van der Waals surface area contributed by atoms with Gasteiger partial charge in [-0.2, -0.15) is 0 Å². The van der Waals surface area contributed by atoms with Gasteiger partial charge in [-0.25, -0.2) is 0 Å². The van der Waals surface area contributed by atoms with Gasteiger partial charge in [0.25, 0.3) is 0 Å². The van der Waals surface area contributed by atoms with Crippen molar-refractivity contribution in [3.05, 3.63) is 35.9 Å². The van der Waals surface area contributed by atoms with Gasteiger partial charge in [0, 0.05) is 6.54 Å². The van der Waals surface area contributed by atoms with Crippen LogP contribution in [0.3, 0.4) is 0 Å². The molecule has 3 rings (SSSR count). The van der Waals surface area contributed by atoms with Crippen molar-refractivity contribution < 1.29 is 14.3 Å². The Hall–Kier alpha value is -1.92. The van der Waals surface area contributed by atoms with Gasteiger partial charge in [-0.15, -0.1) is 0 Å². The number of piperazine rings is 1. The minimum Gasteiger partial charge on any atom is -0.378 e. The van der Waals surface area contributed by atoms with Crippen molar-refractivity contribution in [2.24, 2.45) is 5.73 Å². The first-order valence-corrected chi connectivity index (χ1v) is 6.65. The Kier molecular flexibility index (Phi) is 3.42. The van der Waals surface area contributed by atoms with Crippen LogP contribution in [0.4, 0.5) is 0 Å². The van der Waals surface area contributed by atoms with Gasteiger partial charge in [0.1, 0.15) is 0 Å². The molecule has 1 aromatic carbocycles. The minimum atomic E-state index is -0.584. The predicted molar refractivity (Wildman–Crippen MR) is 71.5 cm³/mol. The van der Waals surface area contributed by atoms with E-state index in [4.69, 9.17) is 10.5 Å². The lowest BCUT2D eigenvalue weighted by molar-refractivity contribution is -0.157. The van der Waals surface area contributed by atoms with E-state index in [-0.39, 0.29) is 18.1 Å². The molecule has 20 heavy (non-hydrogen) atoms. The summed E-state index contributed by atoms with van der Waals surface area (Å²) in [7, 11) is 0. The van der Waals surface area contributed by atoms with E-state index in [1.54, 1.807) is 4.90 Å². The predicted octanol–water partition coefficient (Wildman–Crippen LogP) is -0.760. The number of rotatable bonds is 2. The van der Waals surface area contributed by atoms with Crippen LogP contribution in [0.5, 0.6) is 0 Å². The van der Waals surface area contributed by atoms with E-state index >= 15 is 0 Å². The van der Waals surface area contributed by atoms with Crippen LogP contribution in [0.25, 0.3) is 0 Å². The first-order chi connectivity index (χ1) is 9.66. The molecule has 2 aliphatic rings. The third-order valence-corrected chi connectivity index (χ3v) is 3.82. The van der Waals surface area contributed by atoms with Crippen molar-refractivity contribution in [3.63, 3.8) is 0 Å². The molecular formula is C14H17N3O3. The quantitative estimate of drug-likeness (QED) is 0.695. The molecule has 0 radical (unpaired) electrons. The zero-order valence-corrected chi connectivity index (χ0v) is 11.0. The zero-order valence-electron chi connectivity index (χ0n) is 11.0. The Bertz CT molecular complexity index is 520. The van der Waals surface area contributed by atoms with Crippen molar-refractivity contribution in [1.29, 1.82) is 0 Å². The number of hydrogen-bond acceptors (Lipinski definition) is 4. The second kappa shape index (κ2) is 5.22. The molecule has 0 aliphatic carbocycles. The molecule has 2 aliphatic heterocycles. The number of hydrogen-bond donors (Lipinski definition) is 2. The fourth-order valence-corrected chi connectivity index (χ4v) is 2.77. The number of carbonyl (C=O) groups excluding carboxylic acids is 2. The molecule has 3 N–H and O–H groups in total. The highest BCUT2D eigenvalue weighted by Crippen LogP contribution is 2.20. The van der Waals surface area contributed by atoms with Gasteiger partial charge in [0.05, 0.1) is 31.3 Å². The summed E-state index contributed by atoms with van der Waals surface area (Å²) in [5, 5.41) is 2.70. The van der Waals surface area contributed by atoms with Crippen LogP contribution in [-0.4, -0.2) is 48.1 Å². The van der Waals surface area contributed by atoms with E-state index in [1.807, 2.05) is 30.3 Å². The summed E-state index contributed by atoms with van der Waals surface area (Å²) in [6.45, 7) is 1.19. The Morgan fingerprint density at radius 2 is 2.00 bits per heavy atom. The van der Waals surface area contributed by atoms with E-state index in [0.29, 0.717) is 19.8 Å². The molecule has 106 valence electrons. The Morgan fingerprint density at radius 1 is 1.25 bits per heavy atom. The van der Waals surface area contributed by atoms with Crippen LogP contribution in [-0.2, 0) is 20.9 Å². The van der Waals surface area contributed by atoms with Crippen LogP contribution < -0.4 is 11.1 Å². The first kappa shape index (κ1) is 13.1. The maximum atomic E-state index is 12.1. The van der Waals surface area contributed by atoms with E-state index in [9.17, 15) is 9.59 Å². The molecule has 0 unspecified atom stereocenters. The Morgan fingerprint density at radius 3 is 2.75 bits per heavy atom. The topological polar surface area (TPSA) is 84.7 Å². The number of nitrogens with one attached hydrogen (secondary N) is 1. The number of fused-ring (bicyclic) bond motifs is 1. The van der Waals surface area contributed by atoms with E-state index in [1.165, 1.54) is 0 Å². The van der Waals surface area contributed by atoms with Gasteiger partial charge in [-0.3, -0.25) is 9.59 Å². The van der Waals surface area contributed by atoms with Gasteiger partial charge in [0.15, 0.2) is 0 Å². The maximum absolute atomic E-state index is 12.1. The molecular weight excluding hydrogens is 258 g/mol. The van der Waals surface area contributed by atoms with Gasteiger partial charge >= 0.3 is 11.8 Å². The maximum Gasteiger partial charge on any atom is 0.312 e. The van der Waals surface area contributed by atoms with Gasteiger partial charge < -0.3 is 20.7 Å². The smallest absolute Gasteiger partial charge is 0.312 e. The van der Waals surface area contributed by atoms with Crippen molar-refractivity contribution in [1.82, 2.24) is 10.2 Å². The normalized spacial score (nSPS) is 29.9. The molecule has 1 aromatic rings. The van der Waals surface area contributed by atoms with Crippen LogP contribution >= 0.6 is 0 Å². The Labute approximate surface area is 116 Å². The highest BCUT2D eigenvalue weighted by Gasteiger charge is 2.45. The number of nitrogens with zero attached hydrogens (tertiary/aromatic N) is 1. The third-order valence-electron chi connectivity index (χ3n) is 3.82. The van der Waals surface area contributed by atoms with Crippen molar-refractivity contribution in [2.45, 2.75) is 24.7 Å². The molecule has 6 heteroatoms. The molecule has 2 saturated heterocycles. The summed E-state index contributed by atoms with van der Waals surface area (Å²) in [5.41, 5.74) is 6.95. The Balaban J connectivity index is 1.85. The van der Waals surface area contributed by atoms with Gasteiger partial charge in [-0.05, 0) is 5.56 Å². The molecule has 0 spiro atoms. The molecule has 2 fully saturated rings. The van der Waals surface area contributed by atoms with Crippen LogP contribution in [0.15, 0.2) is 30.3 Å². The fourth-order valence-electron chi connectivity index (χ4n) is 2.77. The molecule has 2 heterocycles. The van der Waals surface area contributed by atoms with Gasteiger partial charge in [-0.1, -0.05) is 30.3 Å². The average molecular weight is 275 g/mol. The summed E-state index contributed by atoms with van der Waals surface area (Å²) in [6.07, 6.45) is 0. The monoisotopic (exact) mass is 275 g/mol. The number of benzene rings is 1. The molecule has 0 saturated carbocycles. The summed E-state index contributed by atoms with van der Waals surface area (Å²) in [4.78, 5) is 25.5. The largest absolute Gasteiger partial charge is 0.378 e. The standard InChI is InChI=1S/C14H17N3O3/c15-10-7-20-8-11-12(10)16-13(18)14(19)17(11)6-9-4-2-1-3-5-9/h1-5,10-12H,6-8,15H2,(H,16,18)/t10-,11+,12+/m0/s1. The second-order valence-corrected chi connectivity index (χ2v) is 5.19. The number of nitrogens with two attached hydrogens (primary N) is 1. The van der Waals surface area contributed by atoms with E-state index in [0.717, 1.165) is 5.56 Å². The summed E-state index contributed by atoms with van der Waals surface area (Å²) < 4.78 is 5.43. The lowest BCUT2D eigenvalue weighted by Gasteiger charge is -2.45. The minimum absolute atomic E-state index is 0.204. The third kappa shape index (κ3) is 2.28.